The first kappa shape index (κ1) is 15.6. The SMILES string of the molecule is O=C(NCc1ccco1)[C@H]1CCCN1Cc1nc(-c2ccco2)no1. The predicted octanol–water partition coefficient (Wildman–Crippen LogP) is 2.20. The van der Waals surface area contributed by atoms with Gasteiger partial charge in [0.2, 0.25) is 17.6 Å². The lowest BCUT2D eigenvalue weighted by Gasteiger charge is -2.21. The van der Waals surface area contributed by atoms with Gasteiger partial charge in [-0.3, -0.25) is 9.69 Å². The quantitative estimate of drug-likeness (QED) is 0.733. The maximum atomic E-state index is 12.5. The second-order valence-corrected chi connectivity index (χ2v) is 5.91. The van der Waals surface area contributed by atoms with Crippen molar-refractivity contribution in [3.8, 4) is 11.6 Å². The molecular formula is C17H18N4O4. The maximum Gasteiger partial charge on any atom is 0.241 e. The Morgan fingerprint density at radius 2 is 2.16 bits per heavy atom. The van der Waals surface area contributed by atoms with Crippen molar-refractivity contribution in [1.82, 2.24) is 20.4 Å². The third-order valence-electron chi connectivity index (χ3n) is 4.23. The Kier molecular flexibility index (Phi) is 4.34. The van der Waals surface area contributed by atoms with Crippen LogP contribution in [0.4, 0.5) is 0 Å². The van der Waals surface area contributed by atoms with Gasteiger partial charge in [0.15, 0.2) is 5.76 Å². The molecule has 1 amide bonds. The van der Waals surface area contributed by atoms with E-state index in [4.69, 9.17) is 13.4 Å². The number of furan rings is 2. The number of carbonyl (C=O) groups excluding carboxylic acids is 1. The summed E-state index contributed by atoms with van der Waals surface area (Å²) in [6, 6.07) is 6.98. The summed E-state index contributed by atoms with van der Waals surface area (Å²) in [5, 5.41) is 6.84. The van der Waals surface area contributed by atoms with Gasteiger partial charge in [-0.25, -0.2) is 0 Å². The fourth-order valence-electron chi connectivity index (χ4n) is 3.02. The minimum Gasteiger partial charge on any atom is -0.467 e. The molecule has 0 unspecified atom stereocenters. The molecule has 8 heteroatoms. The van der Waals surface area contributed by atoms with Crippen molar-refractivity contribution in [3.63, 3.8) is 0 Å². The van der Waals surface area contributed by atoms with Gasteiger partial charge < -0.3 is 18.7 Å². The van der Waals surface area contributed by atoms with Gasteiger partial charge >= 0.3 is 0 Å². The Balaban J connectivity index is 1.37. The Morgan fingerprint density at radius 3 is 2.96 bits per heavy atom. The summed E-state index contributed by atoms with van der Waals surface area (Å²) in [4.78, 5) is 18.8. The highest BCUT2D eigenvalue weighted by molar-refractivity contribution is 5.81. The van der Waals surface area contributed by atoms with Crippen LogP contribution in [-0.4, -0.2) is 33.5 Å². The van der Waals surface area contributed by atoms with Gasteiger partial charge in [-0.1, -0.05) is 5.16 Å². The van der Waals surface area contributed by atoms with E-state index in [9.17, 15) is 4.79 Å². The molecule has 1 atom stereocenters. The van der Waals surface area contributed by atoms with E-state index in [1.807, 2.05) is 6.07 Å². The Morgan fingerprint density at radius 1 is 1.28 bits per heavy atom. The van der Waals surface area contributed by atoms with Gasteiger partial charge in [-0.05, 0) is 43.7 Å². The Labute approximate surface area is 143 Å². The summed E-state index contributed by atoms with van der Waals surface area (Å²) < 4.78 is 15.8. The first-order valence-electron chi connectivity index (χ1n) is 8.20. The van der Waals surface area contributed by atoms with Crippen LogP contribution in [0.2, 0.25) is 0 Å². The first-order valence-corrected chi connectivity index (χ1v) is 8.20. The molecule has 3 aromatic heterocycles. The average Bonchev–Trinajstić information content (AvgIpc) is 3.39. The van der Waals surface area contributed by atoms with Crippen LogP contribution in [-0.2, 0) is 17.9 Å². The van der Waals surface area contributed by atoms with Crippen molar-refractivity contribution >= 4 is 5.91 Å². The molecule has 0 aromatic carbocycles. The fourth-order valence-corrected chi connectivity index (χ4v) is 3.02. The number of amides is 1. The number of aromatic nitrogens is 2. The van der Waals surface area contributed by atoms with Gasteiger partial charge in [-0.2, -0.15) is 4.98 Å². The normalized spacial score (nSPS) is 17.8. The summed E-state index contributed by atoms with van der Waals surface area (Å²) in [6.45, 7) is 1.64. The smallest absolute Gasteiger partial charge is 0.241 e. The highest BCUT2D eigenvalue weighted by atomic mass is 16.5. The van der Waals surface area contributed by atoms with Crippen molar-refractivity contribution in [2.24, 2.45) is 0 Å². The largest absolute Gasteiger partial charge is 0.467 e. The monoisotopic (exact) mass is 342 g/mol. The zero-order chi connectivity index (χ0) is 17.1. The number of nitrogens with one attached hydrogen (secondary N) is 1. The molecule has 1 fully saturated rings. The Hall–Kier alpha value is -2.87. The van der Waals surface area contributed by atoms with Crippen LogP contribution in [0, 0.1) is 0 Å². The molecule has 0 saturated carbocycles. The van der Waals surface area contributed by atoms with E-state index in [2.05, 4.69) is 20.4 Å². The molecule has 0 aliphatic carbocycles. The topological polar surface area (TPSA) is 97.5 Å². The van der Waals surface area contributed by atoms with Crippen molar-refractivity contribution in [2.75, 3.05) is 6.54 Å². The fraction of sp³-hybridized carbons (Fsp3) is 0.353. The summed E-state index contributed by atoms with van der Waals surface area (Å²) in [6.07, 6.45) is 4.92. The maximum absolute atomic E-state index is 12.5. The van der Waals surface area contributed by atoms with Crippen molar-refractivity contribution in [2.45, 2.75) is 32.0 Å². The molecule has 0 spiro atoms. The minimum absolute atomic E-state index is 0.0142. The molecule has 4 rings (SSSR count). The van der Waals surface area contributed by atoms with E-state index in [-0.39, 0.29) is 11.9 Å². The van der Waals surface area contributed by atoms with E-state index in [0.717, 1.165) is 25.1 Å². The zero-order valence-electron chi connectivity index (χ0n) is 13.6. The van der Waals surface area contributed by atoms with Gasteiger partial charge in [-0.15, -0.1) is 0 Å². The highest BCUT2D eigenvalue weighted by Crippen LogP contribution is 2.22. The lowest BCUT2D eigenvalue weighted by Crippen LogP contribution is -2.42. The molecule has 3 aromatic rings. The number of hydrogen-bond donors (Lipinski definition) is 1. The van der Waals surface area contributed by atoms with Crippen LogP contribution in [0.25, 0.3) is 11.6 Å². The number of hydrogen-bond acceptors (Lipinski definition) is 7. The third kappa shape index (κ3) is 3.48. The molecule has 1 aliphatic rings. The Bertz CT molecular complexity index is 810. The van der Waals surface area contributed by atoms with Crippen LogP contribution >= 0.6 is 0 Å². The molecule has 0 radical (unpaired) electrons. The third-order valence-corrected chi connectivity index (χ3v) is 4.23. The molecular weight excluding hydrogens is 324 g/mol. The van der Waals surface area contributed by atoms with E-state index < -0.39 is 0 Å². The zero-order valence-corrected chi connectivity index (χ0v) is 13.6. The molecule has 1 aliphatic heterocycles. The number of rotatable bonds is 6. The van der Waals surface area contributed by atoms with Crippen LogP contribution in [0.15, 0.2) is 50.1 Å². The number of carbonyl (C=O) groups is 1. The van der Waals surface area contributed by atoms with E-state index >= 15 is 0 Å². The number of likely N-dealkylation sites (tertiary alicyclic amines) is 1. The van der Waals surface area contributed by atoms with Crippen LogP contribution in [0.3, 0.4) is 0 Å². The highest BCUT2D eigenvalue weighted by Gasteiger charge is 2.31. The van der Waals surface area contributed by atoms with E-state index in [0.29, 0.717) is 30.6 Å². The minimum atomic E-state index is -0.200. The van der Waals surface area contributed by atoms with Gasteiger partial charge in [0, 0.05) is 0 Å². The second-order valence-electron chi connectivity index (χ2n) is 5.91. The molecule has 1 N–H and O–H groups in total. The van der Waals surface area contributed by atoms with E-state index in [1.165, 1.54) is 0 Å². The van der Waals surface area contributed by atoms with Gasteiger partial charge in [0.05, 0.1) is 31.7 Å². The van der Waals surface area contributed by atoms with Crippen molar-refractivity contribution in [3.05, 3.63) is 48.4 Å². The van der Waals surface area contributed by atoms with Gasteiger partial charge in [0.25, 0.3) is 0 Å². The first-order chi connectivity index (χ1) is 12.3. The van der Waals surface area contributed by atoms with Crippen molar-refractivity contribution in [1.29, 1.82) is 0 Å². The van der Waals surface area contributed by atoms with Crippen LogP contribution in [0.5, 0.6) is 0 Å². The standard InChI is InChI=1S/C17H18N4O4/c22-17(18-10-12-4-2-8-23-12)13-5-1-7-21(13)11-15-19-16(20-25-15)14-6-3-9-24-14/h2-4,6,8-9,13H,1,5,7,10-11H2,(H,18,22)/t13-/m1/s1. The molecule has 8 nitrogen and oxygen atoms in total. The lowest BCUT2D eigenvalue weighted by atomic mass is 10.2. The van der Waals surface area contributed by atoms with Crippen molar-refractivity contribution < 1.29 is 18.2 Å². The summed E-state index contributed by atoms with van der Waals surface area (Å²) in [5.41, 5.74) is 0. The van der Waals surface area contributed by atoms with Gasteiger partial charge in [0.1, 0.15) is 5.76 Å². The molecule has 0 bridgehead atoms. The molecule has 4 heterocycles. The predicted molar refractivity (Wildman–Crippen MR) is 86.0 cm³/mol. The second kappa shape index (κ2) is 6.94. The summed E-state index contributed by atoms with van der Waals surface area (Å²) in [5.74, 6) is 2.16. The number of nitrogens with zero attached hydrogens (tertiary/aromatic N) is 3. The van der Waals surface area contributed by atoms with Crippen LogP contribution in [0.1, 0.15) is 24.5 Å². The summed E-state index contributed by atoms with van der Waals surface area (Å²) in [7, 11) is 0. The average molecular weight is 342 g/mol. The molecule has 1 saturated heterocycles. The lowest BCUT2D eigenvalue weighted by molar-refractivity contribution is -0.126. The molecule has 130 valence electrons. The van der Waals surface area contributed by atoms with Crippen LogP contribution < -0.4 is 5.32 Å². The molecule has 25 heavy (non-hydrogen) atoms. The summed E-state index contributed by atoms with van der Waals surface area (Å²) >= 11 is 0. The van der Waals surface area contributed by atoms with E-state index in [1.54, 1.807) is 30.7 Å².